The van der Waals surface area contributed by atoms with Gasteiger partial charge < -0.3 is 14.8 Å². The minimum Gasteiger partial charge on any atom is -0.478 e. The Kier molecular flexibility index (Phi) is 5.78. The van der Waals surface area contributed by atoms with E-state index in [9.17, 15) is 27.9 Å². The number of hydrogen-bond acceptors (Lipinski definition) is 4. The number of nitrogens with one attached hydrogen (secondary N) is 1. The minimum absolute atomic E-state index is 0.0353. The summed E-state index contributed by atoms with van der Waals surface area (Å²) in [4.78, 5) is 24.6. The maximum absolute atomic E-state index is 14.5. The zero-order valence-electron chi connectivity index (χ0n) is 18.0. The van der Waals surface area contributed by atoms with E-state index in [1.807, 2.05) is 0 Å². The SMILES string of the molecule is Cc1c(C2=CCC(F)(F)CC2)oc2c([C@H](C)Nc3ccccc3C(=O)O)cc(F)cc2c1=O. The molecule has 1 atom stereocenters. The standard InChI is InChI=1S/C25H22F3NO4/c1-13-21(30)19-12-16(26)11-18(14(2)29-20-6-4-3-5-17(20)24(31)32)23(19)33-22(13)15-7-9-25(27,28)10-8-15/h3-7,11-12,14,29H,8-10H2,1-2H3,(H,31,32)/t14-/m0/s1. The predicted molar refractivity (Wildman–Crippen MR) is 119 cm³/mol. The zero-order valence-corrected chi connectivity index (χ0v) is 18.0. The largest absolute Gasteiger partial charge is 0.478 e. The molecule has 0 unspecified atom stereocenters. The maximum Gasteiger partial charge on any atom is 0.337 e. The Labute approximate surface area is 187 Å². The fourth-order valence-electron chi connectivity index (χ4n) is 4.12. The quantitative estimate of drug-likeness (QED) is 0.469. The van der Waals surface area contributed by atoms with Gasteiger partial charge in [0.05, 0.1) is 17.0 Å². The second-order valence-corrected chi connectivity index (χ2v) is 8.26. The van der Waals surface area contributed by atoms with E-state index >= 15 is 0 Å². The molecule has 2 aromatic carbocycles. The average Bonchev–Trinajstić information content (AvgIpc) is 2.76. The van der Waals surface area contributed by atoms with E-state index in [1.54, 1.807) is 25.1 Å². The number of para-hydroxylation sites is 1. The van der Waals surface area contributed by atoms with Crippen molar-refractivity contribution >= 4 is 28.2 Å². The molecule has 172 valence electrons. The van der Waals surface area contributed by atoms with E-state index in [-0.39, 0.29) is 40.7 Å². The van der Waals surface area contributed by atoms with Crippen LogP contribution in [0.4, 0.5) is 18.9 Å². The lowest BCUT2D eigenvalue weighted by Gasteiger charge is -2.23. The number of anilines is 1. The van der Waals surface area contributed by atoms with E-state index < -0.39 is 35.6 Å². The van der Waals surface area contributed by atoms with Crippen molar-refractivity contribution in [3.05, 3.63) is 81.0 Å². The molecule has 5 nitrogen and oxygen atoms in total. The van der Waals surface area contributed by atoms with Crippen molar-refractivity contribution in [2.75, 3.05) is 5.32 Å². The second-order valence-electron chi connectivity index (χ2n) is 8.26. The van der Waals surface area contributed by atoms with Gasteiger partial charge in [-0.2, -0.15) is 0 Å². The Morgan fingerprint density at radius 1 is 1.24 bits per heavy atom. The smallest absolute Gasteiger partial charge is 0.337 e. The van der Waals surface area contributed by atoms with Crippen LogP contribution in [0.1, 0.15) is 59.5 Å². The molecule has 0 amide bonds. The molecule has 0 saturated heterocycles. The van der Waals surface area contributed by atoms with Crippen LogP contribution < -0.4 is 10.7 Å². The van der Waals surface area contributed by atoms with Crippen molar-refractivity contribution in [1.29, 1.82) is 0 Å². The minimum atomic E-state index is -2.79. The molecule has 1 aromatic heterocycles. The van der Waals surface area contributed by atoms with Crippen LogP contribution in [0.25, 0.3) is 16.5 Å². The summed E-state index contributed by atoms with van der Waals surface area (Å²) in [6.45, 7) is 3.22. The topological polar surface area (TPSA) is 79.5 Å². The summed E-state index contributed by atoms with van der Waals surface area (Å²) in [5.74, 6) is -4.35. The monoisotopic (exact) mass is 457 g/mol. The van der Waals surface area contributed by atoms with Crippen molar-refractivity contribution in [3.8, 4) is 0 Å². The van der Waals surface area contributed by atoms with Crippen LogP contribution in [0.3, 0.4) is 0 Å². The molecule has 0 fully saturated rings. The number of allylic oxidation sites excluding steroid dienone is 2. The first-order chi connectivity index (χ1) is 15.6. The number of hydrogen-bond donors (Lipinski definition) is 2. The third kappa shape index (κ3) is 4.37. The fraction of sp³-hybridized carbons (Fsp3) is 0.280. The highest BCUT2D eigenvalue weighted by molar-refractivity contribution is 5.94. The third-order valence-electron chi connectivity index (χ3n) is 5.91. The van der Waals surface area contributed by atoms with E-state index in [2.05, 4.69) is 5.32 Å². The first-order valence-corrected chi connectivity index (χ1v) is 10.5. The molecule has 0 radical (unpaired) electrons. The van der Waals surface area contributed by atoms with Crippen molar-refractivity contribution in [2.45, 2.75) is 45.1 Å². The highest BCUT2D eigenvalue weighted by Gasteiger charge is 2.32. The van der Waals surface area contributed by atoms with Gasteiger partial charge in [0.1, 0.15) is 17.2 Å². The van der Waals surface area contributed by atoms with Crippen LogP contribution in [0, 0.1) is 12.7 Å². The number of benzene rings is 2. The summed E-state index contributed by atoms with van der Waals surface area (Å²) in [7, 11) is 0. The molecule has 8 heteroatoms. The summed E-state index contributed by atoms with van der Waals surface area (Å²) < 4.78 is 47.7. The first kappa shape index (κ1) is 22.6. The third-order valence-corrected chi connectivity index (χ3v) is 5.91. The highest BCUT2D eigenvalue weighted by Crippen LogP contribution is 2.38. The predicted octanol–water partition coefficient (Wildman–Crippen LogP) is 6.31. The molecule has 0 spiro atoms. The van der Waals surface area contributed by atoms with Gasteiger partial charge >= 0.3 is 5.97 Å². The number of carboxylic acid groups (broad SMARTS) is 1. The summed E-state index contributed by atoms with van der Waals surface area (Å²) >= 11 is 0. The summed E-state index contributed by atoms with van der Waals surface area (Å²) in [5.41, 5.74) is 1.11. The molecular formula is C25H22F3NO4. The summed E-state index contributed by atoms with van der Waals surface area (Å²) in [6, 6.07) is 7.95. The van der Waals surface area contributed by atoms with Crippen LogP contribution in [-0.2, 0) is 0 Å². The molecule has 1 heterocycles. The normalized spacial score (nSPS) is 16.3. The van der Waals surface area contributed by atoms with Crippen LogP contribution in [0.15, 0.2) is 51.7 Å². The number of aromatic carboxylic acids is 1. The molecule has 4 rings (SSSR count). The molecule has 0 saturated carbocycles. The summed E-state index contributed by atoms with van der Waals surface area (Å²) in [6.07, 6.45) is 0.650. The zero-order chi connectivity index (χ0) is 23.9. The van der Waals surface area contributed by atoms with E-state index in [0.29, 0.717) is 16.8 Å². The van der Waals surface area contributed by atoms with Gasteiger partial charge in [0.15, 0.2) is 5.43 Å². The molecule has 33 heavy (non-hydrogen) atoms. The van der Waals surface area contributed by atoms with E-state index in [1.165, 1.54) is 25.1 Å². The van der Waals surface area contributed by atoms with Gasteiger partial charge in [-0.15, -0.1) is 0 Å². The number of carbonyl (C=O) groups is 1. The van der Waals surface area contributed by atoms with Crippen molar-refractivity contribution in [1.82, 2.24) is 0 Å². The lowest BCUT2D eigenvalue weighted by Crippen LogP contribution is -2.19. The van der Waals surface area contributed by atoms with Gasteiger partial charge in [-0.3, -0.25) is 4.79 Å². The van der Waals surface area contributed by atoms with E-state index in [0.717, 1.165) is 6.07 Å². The number of halogens is 3. The average molecular weight is 457 g/mol. The van der Waals surface area contributed by atoms with Gasteiger partial charge in [-0.05, 0) is 50.1 Å². The van der Waals surface area contributed by atoms with Gasteiger partial charge in [-0.25, -0.2) is 18.0 Å². The number of fused-ring (bicyclic) bond motifs is 1. The van der Waals surface area contributed by atoms with Crippen molar-refractivity contribution in [3.63, 3.8) is 0 Å². The maximum atomic E-state index is 14.5. The Morgan fingerprint density at radius 2 is 1.97 bits per heavy atom. The van der Waals surface area contributed by atoms with Crippen LogP contribution >= 0.6 is 0 Å². The van der Waals surface area contributed by atoms with Gasteiger partial charge in [0, 0.05) is 29.7 Å². The molecule has 1 aliphatic rings. The van der Waals surface area contributed by atoms with Gasteiger partial charge in [0.2, 0.25) is 0 Å². The molecule has 0 bridgehead atoms. The lowest BCUT2D eigenvalue weighted by atomic mass is 9.92. The van der Waals surface area contributed by atoms with Crippen LogP contribution in [0.5, 0.6) is 0 Å². The molecular weight excluding hydrogens is 435 g/mol. The Morgan fingerprint density at radius 3 is 2.64 bits per heavy atom. The van der Waals surface area contributed by atoms with E-state index in [4.69, 9.17) is 4.42 Å². The number of rotatable bonds is 5. The van der Waals surface area contributed by atoms with Gasteiger partial charge in [0.25, 0.3) is 5.92 Å². The second kappa shape index (κ2) is 8.42. The highest BCUT2D eigenvalue weighted by atomic mass is 19.3. The molecule has 1 aliphatic carbocycles. The molecule has 0 aliphatic heterocycles. The Hall–Kier alpha value is -3.55. The first-order valence-electron chi connectivity index (χ1n) is 10.5. The van der Waals surface area contributed by atoms with Crippen LogP contribution in [0.2, 0.25) is 0 Å². The molecule has 2 N–H and O–H groups in total. The summed E-state index contributed by atoms with van der Waals surface area (Å²) in [5, 5.41) is 12.5. The number of alkyl halides is 2. The van der Waals surface area contributed by atoms with Crippen molar-refractivity contribution < 1.29 is 27.5 Å². The van der Waals surface area contributed by atoms with Crippen molar-refractivity contribution in [2.24, 2.45) is 0 Å². The lowest BCUT2D eigenvalue weighted by molar-refractivity contribution is -0.00618. The molecule has 3 aromatic rings. The van der Waals surface area contributed by atoms with Crippen LogP contribution in [-0.4, -0.2) is 17.0 Å². The Bertz CT molecular complexity index is 1340. The Balaban J connectivity index is 1.84. The van der Waals surface area contributed by atoms with Gasteiger partial charge in [-0.1, -0.05) is 18.2 Å². The fourth-order valence-corrected chi connectivity index (χ4v) is 4.12. The number of carboxylic acids is 1.